The van der Waals surface area contributed by atoms with E-state index in [1.165, 1.54) is 38.5 Å². The molecule has 0 spiro atoms. The summed E-state index contributed by atoms with van der Waals surface area (Å²) < 4.78 is 15.8. The Morgan fingerprint density at radius 2 is 2.07 bits per heavy atom. The molecule has 1 aliphatic carbocycles. The van der Waals surface area contributed by atoms with E-state index in [4.69, 9.17) is 14.0 Å². The standard InChI is InChI=1S/C21H37N3O4/c1-16(2)27-20(25)14-18(11-7-10-17-8-5-4-6-9-17)21-23-19(24-28-21)15-22-12-13-26-3/h16-18,22H,4-15H2,1-3H3/t18-/m1/s1. The normalized spacial score (nSPS) is 16.4. The molecule has 0 bridgehead atoms. The summed E-state index contributed by atoms with van der Waals surface area (Å²) in [7, 11) is 1.67. The minimum atomic E-state index is -0.198. The highest BCUT2D eigenvalue weighted by molar-refractivity contribution is 5.70. The van der Waals surface area contributed by atoms with Crippen LogP contribution in [0.2, 0.25) is 0 Å². The highest BCUT2D eigenvalue weighted by atomic mass is 16.5. The molecule has 1 fully saturated rings. The zero-order chi connectivity index (χ0) is 20.2. The van der Waals surface area contributed by atoms with E-state index < -0.39 is 0 Å². The van der Waals surface area contributed by atoms with Gasteiger partial charge in [0.15, 0.2) is 5.82 Å². The molecule has 7 nitrogen and oxygen atoms in total. The van der Waals surface area contributed by atoms with Crippen molar-refractivity contribution in [3.63, 3.8) is 0 Å². The van der Waals surface area contributed by atoms with Gasteiger partial charge in [0, 0.05) is 19.6 Å². The van der Waals surface area contributed by atoms with E-state index in [1.54, 1.807) is 7.11 Å². The van der Waals surface area contributed by atoms with Gasteiger partial charge in [-0.15, -0.1) is 0 Å². The Balaban J connectivity index is 1.88. The van der Waals surface area contributed by atoms with Gasteiger partial charge in [0.2, 0.25) is 5.89 Å². The Kier molecular flexibility index (Phi) is 10.5. The van der Waals surface area contributed by atoms with Gasteiger partial charge in [-0.1, -0.05) is 50.1 Å². The molecular weight excluding hydrogens is 358 g/mol. The SMILES string of the molecule is COCCNCc1noc([C@H](CCCC2CCCCC2)CC(=O)OC(C)C)n1. The first-order valence-electron chi connectivity index (χ1n) is 10.8. The maximum absolute atomic E-state index is 12.2. The fourth-order valence-corrected chi connectivity index (χ4v) is 3.83. The molecule has 0 amide bonds. The molecule has 1 aromatic rings. The van der Waals surface area contributed by atoms with Crippen molar-refractivity contribution in [3.05, 3.63) is 11.7 Å². The van der Waals surface area contributed by atoms with Gasteiger partial charge in [0.1, 0.15) is 0 Å². The Labute approximate surface area is 168 Å². The minimum absolute atomic E-state index is 0.0740. The first kappa shape index (κ1) is 22.8. The van der Waals surface area contributed by atoms with Crippen molar-refractivity contribution in [3.8, 4) is 0 Å². The Morgan fingerprint density at radius 3 is 2.79 bits per heavy atom. The molecule has 7 heteroatoms. The summed E-state index contributed by atoms with van der Waals surface area (Å²) in [4.78, 5) is 16.7. The van der Waals surface area contributed by atoms with Crippen LogP contribution < -0.4 is 5.32 Å². The molecule has 1 atom stereocenters. The van der Waals surface area contributed by atoms with Crippen molar-refractivity contribution in [2.75, 3.05) is 20.3 Å². The average Bonchev–Trinajstić information content (AvgIpc) is 3.13. The number of nitrogens with zero attached hydrogens (tertiary/aromatic N) is 2. The maximum Gasteiger partial charge on any atom is 0.306 e. The molecule has 1 N–H and O–H groups in total. The number of hydrogen-bond donors (Lipinski definition) is 1. The number of methoxy groups -OCH3 is 1. The highest BCUT2D eigenvalue weighted by Gasteiger charge is 2.24. The van der Waals surface area contributed by atoms with Crippen LogP contribution in [0.3, 0.4) is 0 Å². The number of carbonyl (C=O) groups is 1. The lowest BCUT2D eigenvalue weighted by atomic mass is 9.84. The van der Waals surface area contributed by atoms with Crippen LogP contribution in [0.15, 0.2) is 4.52 Å². The van der Waals surface area contributed by atoms with E-state index in [9.17, 15) is 4.79 Å². The van der Waals surface area contributed by atoms with Crippen LogP contribution in [-0.2, 0) is 20.8 Å². The summed E-state index contributed by atoms with van der Waals surface area (Å²) in [6.45, 7) is 5.62. The second kappa shape index (κ2) is 12.9. The third kappa shape index (κ3) is 8.69. The molecule has 0 saturated heterocycles. The molecular formula is C21H37N3O4. The van der Waals surface area contributed by atoms with Gasteiger partial charge < -0.3 is 19.3 Å². The summed E-state index contributed by atoms with van der Waals surface area (Å²) in [5.41, 5.74) is 0. The number of rotatable bonds is 13. The predicted octanol–water partition coefficient (Wildman–Crippen LogP) is 3.98. The Bertz CT molecular complexity index is 556. The van der Waals surface area contributed by atoms with Gasteiger partial charge >= 0.3 is 5.97 Å². The fraction of sp³-hybridized carbons (Fsp3) is 0.857. The third-order valence-corrected chi connectivity index (χ3v) is 5.27. The molecule has 1 heterocycles. The zero-order valence-electron chi connectivity index (χ0n) is 17.7. The second-order valence-corrected chi connectivity index (χ2v) is 8.09. The van der Waals surface area contributed by atoms with Crippen LogP contribution in [0, 0.1) is 5.92 Å². The van der Waals surface area contributed by atoms with E-state index in [0.717, 1.165) is 25.3 Å². The van der Waals surface area contributed by atoms with Gasteiger partial charge in [-0.2, -0.15) is 4.98 Å². The Morgan fingerprint density at radius 1 is 1.29 bits per heavy atom. The van der Waals surface area contributed by atoms with Crippen LogP contribution >= 0.6 is 0 Å². The third-order valence-electron chi connectivity index (χ3n) is 5.27. The molecule has 160 valence electrons. The lowest BCUT2D eigenvalue weighted by Crippen LogP contribution is -2.19. The molecule has 0 aliphatic heterocycles. The number of carbonyl (C=O) groups excluding carboxylic acids is 1. The number of aromatic nitrogens is 2. The van der Waals surface area contributed by atoms with E-state index in [-0.39, 0.29) is 18.0 Å². The molecule has 2 rings (SSSR count). The largest absolute Gasteiger partial charge is 0.463 e. The van der Waals surface area contributed by atoms with E-state index >= 15 is 0 Å². The van der Waals surface area contributed by atoms with Crippen molar-refractivity contribution >= 4 is 5.97 Å². The number of hydrogen-bond acceptors (Lipinski definition) is 7. The molecule has 28 heavy (non-hydrogen) atoms. The van der Waals surface area contributed by atoms with E-state index in [1.807, 2.05) is 13.8 Å². The van der Waals surface area contributed by atoms with E-state index in [0.29, 0.717) is 31.3 Å². The number of ether oxygens (including phenoxy) is 2. The molecule has 0 aromatic carbocycles. The first-order chi connectivity index (χ1) is 13.6. The van der Waals surface area contributed by atoms with Crippen LogP contribution in [0.4, 0.5) is 0 Å². The zero-order valence-corrected chi connectivity index (χ0v) is 17.7. The molecule has 0 unspecified atom stereocenters. The second-order valence-electron chi connectivity index (χ2n) is 8.09. The molecule has 1 aromatic heterocycles. The lowest BCUT2D eigenvalue weighted by molar-refractivity contribution is -0.148. The van der Waals surface area contributed by atoms with Crippen molar-refractivity contribution in [2.45, 2.75) is 90.2 Å². The Hall–Kier alpha value is -1.47. The molecule has 0 radical (unpaired) electrons. The van der Waals surface area contributed by atoms with E-state index in [2.05, 4.69) is 15.5 Å². The van der Waals surface area contributed by atoms with Crippen LogP contribution in [0.5, 0.6) is 0 Å². The molecule has 1 aliphatic rings. The van der Waals surface area contributed by atoms with Crippen molar-refractivity contribution in [1.82, 2.24) is 15.5 Å². The van der Waals surface area contributed by atoms with Crippen molar-refractivity contribution < 1.29 is 18.8 Å². The van der Waals surface area contributed by atoms with Gasteiger partial charge in [-0.25, -0.2) is 0 Å². The quantitative estimate of drug-likeness (QED) is 0.399. The van der Waals surface area contributed by atoms with Gasteiger partial charge in [-0.3, -0.25) is 4.79 Å². The lowest BCUT2D eigenvalue weighted by Gasteiger charge is -2.22. The number of esters is 1. The average molecular weight is 396 g/mol. The molecule has 1 saturated carbocycles. The minimum Gasteiger partial charge on any atom is -0.463 e. The summed E-state index contributed by atoms with van der Waals surface area (Å²) in [6, 6.07) is 0. The first-order valence-corrected chi connectivity index (χ1v) is 10.8. The van der Waals surface area contributed by atoms with Crippen molar-refractivity contribution in [1.29, 1.82) is 0 Å². The van der Waals surface area contributed by atoms with Crippen LogP contribution in [0.1, 0.15) is 89.3 Å². The van der Waals surface area contributed by atoms with Gasteiger partial charge in [-0.05, 0) is 26.2 Å². The maximum atomic E-state index is 12.2. The summed E-state index contributed by atoms with van der Waals surface area (Å²) >= 11 is 0. The predicted molar refractivity (Wildman–Crippen MR) is 107 cm³/mol. The van der Waals surface area contributed by atoms with Gasteiger partial charge in [0.25, 0.3) is 0 Å². The topological polar surface area (TPSA) is 86.5 Å². The van der Waals surface area contributed by atoms with Gasteiger partial charge in [0.05, 0.1) is 25.7 Å². The highest BCUT2D eigenvalue weighted by Crippen LogP contribution is 2.31. The monoisotopic (exact) mass is 395 g/mol. The van der Waals surface area contributed by atoms with Crippen LogP contribution in [-0.4, -0.2) is 42.5 Å². The summed E-state index contributed by atoms with van der Waals surface area (Å²) in [5.74, 6) is 1.72. The summed E-state index contributed by atoms with van der Waals surface area (Å²) in [6.07, 6.45) is 10.1. The van der Waals surface area contributed by atoms with Crippen molar-refractivity contribution in [2.24, 2.45) is 5.92 Å². The smallest absolute Gasteiger partial charge is 0.306 e. The van der Waals surface area contributed by atoms with Crippen LogP contribution in [0.25, 0.3) is 0 Å². The number of nitrogens with one attached hydrogen (secondary N) is 1. The summed E-state index contributed by atoms with van der Waals surface area (Å²) in [5, 5.41) is 7.27. The fourth-order valence-electron chi connectivity index (χ4n) is 3.83.